The van der Waals surface area contributed by atoms with Crippen molar-refractivity contribution in [2.45, 2.75) is 6.54 Å². The van der Waals surface area contributed by atoms with E-state index in [0.29, 0.717) is 30.4 Å². The molecule has 0 radical (unpaired) electrons. The Morgan fingerprint density at radius 3 is 2.70 bits per heavy atom. The Hall–Kier alpha value is -1.19. The molecule has 0 bridgehead atoms. The van der Waals surface area contributed by atoms with Crippen molar-refractivity contribution in [3.05, 3.63) is 50.1 Å². The number of aromatic nitrogens is 2. The number of piperazine rings is 1. The quantitative estimate of drug-likeness (QED) is 0.735. The molecule has 1 aliphatic heterocycles. The number of halogens is 3. The highest BCUT2D eigenvalue weighted by Gasteiger charge is 2.24. The van der Waals surface area contributed by atoms with Crippen LogP contribution in [-0.4, -0.2) is 52.1 Å². The molecule has 3 rings (SSSR count). The topological polar surface area (TPSA) is 52.2 Å². The van der Waals surface area contributed by atoms with Crippen molar-refractivity contribution in [1.29, 1.82) is 0 Å². The van der Waals surface area contributed by atoms with E-state index in [2.05, 4.69) is 37.7 Å². The molecule has 2 aromatic rings. The zero-order valence-corrected chi connectivity index (χ0v) is 15.1. The van der Waals surface area contributed by atoms with Crippen LogP contribution in [0.2, 0.25) is 5.02 Å². The van der Waals surface area contributed by atoms with Gasteiger partial charge in [0.05, 0.1) is 9.77 Å². The normalized spacial score (nSPS) is 15.9. The number of nitrogens with one attached hydrogen (secondary N) is 1. The Kier molecular flexibility index (Phi) is 5.17. The molecule has 2 heterocycles. The molecule has 0 aliphatic carbocycles. The Balaban J connectivity index is 1.58. The summed E-state index contributed by atoms with van der Waals surface area (Å²) in [5.74, 6) is -0.352. The first-order valence-electron chi connectivity index (χ1n) is 7.19. The Bertz CT molecular complexity index is 715. The van der Waals surface area contributed by atoms with E-state index in [-0.39, 0.29) is 11.7 Å². The van der Waals surface area contributed by atoms with Gasteiger partial charge in [0, 0.05) is 37.7 Å². The van der Waals surface area contributed by atoms with Gasteiger partial charge in [-0.3, -0.25) is 14.8 Å². The average molecular weight is 449 g/mol. The summed E-state index contributed by atoms with van der Waals surface area (Å²) in [5, 5.41) is 7.08. The van der Waals surface area contributed by atoms with Crippen LogP contribution in [0.4, 0.5) is 4.39 Å². The maximum atomic E-state index is 13.1. The Morgan fingerprint density at radius 2 is 2.09 bits per heavy atom. The lowest BCUT2D eigenvalue weighted by Gasteiger charge is -2.34. The van der Waals surface area contributed by atoms with Crippen LogP contribution >= 0.6 is 34.2 Å². The van der Waals surface area contributed by atoms with E-state index in [4.69, 9.17) is 11.6 Å². The van der Waals surface area contributed by atoms with Crippen molar-refractivity contribution in [3.8, 4) is 0 Å². The monoisotopic (exact) mass is 448 g/mol. The number of amides is 1. The number of carbonyl (C=O) groups excluding carboxylic acids is 1. The van der Waals surface area contributed by atoms with Crippen molar-refractivity contribution in [3.63, 3.8) is 0 Å². The summed E-state index contributed by atoms with van der Waals surface area (Å²) < 4.78 is 13.9. The molecule has 1 fully saturated rings. The highest BCUT2D eigenvalue weighted by molar-refractivity contribution is 14.1. The van der Waals surface area contributed by atoms with Gasteiger partial charge in [-0.2, -0.15) is 5.10 Å². The molecule has 122 valence electrons. The van der Waals surface area contributed by atoms with Gasteiger partial charge >= 0.3 is 0 Å². The third-order valence-electron chi connectivity index (χ3n) is 3.88. The zero-order chi connectivity index (χ0) is 16.4. The van der Waals surface area contributed by atoms with Crippen molar-refractivity contribution in [2.24, 2.45) is 0 Å². The molecule has 0 atom stereocenters. The minimum absolute atomic E-state index is 0.0219. The highest BCUT2D eigenvalue weighted by Crippen LogP contribution is 2.20. The van der Waals surface area contributed by atoms with Gasteiger partial charge in [0.1, 0.15) is 11.5 Å². The van der Waals surface area contributed by atoms with Crippen LogP contribution < -0.4 is 0 Å². The molecular formula is C15H15ClFIN4O. The number of nitrogens with zero attached hydrogens (tertiary/aromatic N) is 3. The van der Waals surface area contributed by atoms with Crippen LogP contribution in [0.1, 0.15) is 16.1 Å². The van der Waals surface area contributed by atoms with Crippen molar-refractivity contribution >= 4 is 40.1 Å². The summed E-state index contributed by atoms with van der Waals surface area (Å²) in [6.07, 6.45) is 1.64. The zero-order valence-electron chi connectivity index (χ0n) is 12.2. The number of hydrogen-bond acceptors (Lipinski definition) is 3. The molecule has 1 amide bonds. The maximum absolute atomic E-state index is 13.1. The highest BCUT2D eigenvalue weighted by atomic mass is 127. The van der Waals surface area contributed by atoms with E-state index in [1.54, 1.807) is 12.3 Å². The second-order valence-electron chi connectivity index (χ2n) is 5.40. The van der Waals surface area contributed by atoms with Crippen molar-refractivity contribution in [2.75, 3.05) is 26.2 Å². The van der Waals surface area contributed by atoms with E-state index < -0.39 is 0 Å². The molecule has 1 aromatic carbocycles. The fourth-order valence-electron chi connectivity index (χ4n) is 2.58. The second-order valence-corrected chi connectivity index (χ2v) is 6.97. The number of hydrogen-bond donors (Lipinski definition) is 1. The predicted octanol–water partition coefficient (Wildman–Crippen LogP) is 2.76. The Labute approximate surface area is 151 Å². The fourth-order valence-corrected chi connectivity index (χ4v) is 3.30. The van der Waals surface area contributed by atoms with Crippen LogP contribution in [0.15, 0.2) is 24.4 Å². The van der Waals surface area contributed by atoms with Gasteiger partial charge in [-0.1, -0.05) is 17.7 Å². The lowest BCUT2D eigenvalue weighted by molar-refractivity contribution is 0.0621. The fraction of sp³-hybridized carbons (Fsp3) is 0.333. The molecule has 8 heteroatoms. The van der Waals surface area contributed by atoms with E-state index in [1.165, 1.54) is 12.1 Å². The molecule has 0 unspecified atom stereocenters. The number of aromatic amines is 1. The number of rotatable bonds is 3. The van der Waals surface area contributed by atoms with Crippen molar-refractivity contribution in [1.82, 2.24) is 20.0 Å². The summed E-state index contributed by atoms with van der Waals surface area (Å²) in [7, 11) is 0. The minimum atomic E-state index is -0.330. The molecule has 0 saturated carbocycles. The third kappa shape index (κ3) is 3.84. The smallest absolute Gasteiger partial charge is 0.273 e. The number of benzene rings is 1. The Morgan fingerprint density at radius 1 is 1.35 bits per heavy atom. The average Bonchev–Trinajstić information content (AvgIpc) is 2.96. The largest absolute Gasteiger partial charge is 0.335 e. The van der Waals surface area contributed by atoms with Crippen molar-refractivity contribution < 1.29 is 9.18 Å². The first-order chi connectivity index (χ1) is 11.0. The summed E-state index contributed by atoms with van der Waals surface area (Å²) in [6.45, 7) is 3.45. The SMILES string of the molecule is O=C(c1[nH]ncc1I)N1CCN(Cc2ccc(F)cc2Cl)CC1. The van der Waals surface area contributed by atoms with Crippen LogP contribution in [-0.2, 0) is 6.54 Å². The summed E-state index contributed by atoms with van der Waals surface area (Å²) in [6, 6.07) is 4.46. The lowest BCUT2D eigenvalue weighted by Crippen LogP contribution is -2.48. The van der Waals surface area contributed by atoms with Gasteiger partial charge < -0.3 is 4.90 Å². The van der Waals surface area contributed by atoms with Crippen LogP contribution in [0.5, 0.6) is 0 Å². The van der Waals surface area contributed by atoms with E-state index in [0.717, 1.165) is 22.2 Å². The lowest BCUT2D eigenvalue weighted by atomic mass is 10.2. The molecule has 1 saturated heterocycles. The van der Waals surface area contributed by atoms with Gasteiger partial charge in [-0.25, -0.2) is 4.39 Å². The summed E-state index contributed by atoms with van der Waals surface area (Å²) in [5.41, 5.74) is 1.44. The molecule has 1 aliphatic rings. The first kappa shape index (κ1) is 16.7. The van der Waals surface area contributed by atoms with Gasteiger partial charge in [0.15, 0.2) is 0 Å². The minimum Gasteiger partial charge on any atom is -0.335 e. The summed E-state index contributed by atoms with van der Waals surface area (Å²) >= 11 is 8.17. The summed E-state index contributed by atoms with van der Waals surface area (Å²) in [4.78, 5) is 16.4. The van der Waals surface area contributed by atoms with Gasteiger partial charge in [-0.05, 0) is 40.3 Å². The third-order valence-corrected chi connectivity index (χ3v) is 5.05. The molecule has 1 aromatic heterocycles. The van der Waals surface area contributed by atoms with Crippen LogP contribution in [0.3, 0.4) is 0 Å². The van der Waals surface area contributed by atoms with E-state index in [1.807, 2.05) is 4.90 Å². The van der Waals surface area contributed by atoms with E-state index >= 15 is 0 Å². The molecule has 1 N–H and O–H groups in total. The maximum Gasteiger partial charge on any atom is 0.273 e. The first-order valence-corrected chi connectivity index (χ1v) is 8.64. The standard InChI is InChI=1S/C15H15ClFIN4O/c16-12-7-11(17)2-1-10(12)9-21-3-5-22(6-4-21)15(23)14-13(18)8-19-20-14/h1-2,7-8H,3-6,9H2,(H,19,20). The van der Waals surface area contributed by atoms with Gasteiger partial charge in [0.25, 0.3) is 5.91 Å². The predicted molar refractivity (Wildman–Crippen MR) is 93.9 cm³/mol. The second kappa shape index (κ2) is 7.14. The van der Waals surface area contributed by atoms with Crippen LogP contribution in [0.25, 0.3) is 0 Å². The molecule has 23 heavy (non-hydrogen) atoms. The molecule has 0 spiro atoms. The van der Waals surface area contributed by atoms with Gasteiger partial charge in [0.2, 0.25) is 0 Å². The van der Waals surface area contributed by atoms with E-state index in [9.17, 15) is 9.18 Å². The number of carbonyl (C=O) groups is 1. The molecular weight excluding hydrogens is 434 g/mol. The number of H-pyrrole nitrogens is 1. The van der Waals surface area contributed by atoms with Gasteiger partial charge in [-0.15, -0.1) is 0 Å². The molecule has 5 nitrogen and oxygen atoms in total. The van der Waals surface area contributed by atoms with Crippen LogP contribution in [0, 0.1) is 9.39 Å².